The first-order valence-electron chi connectivity index (χ1n) is 7.16. The first-order chi connectivity index (χ1) is 11.2. The van der Waals surface area contributed by atoms with Gasteiger partial charge in [-0.3, -0.25) is 0 Å². The van der Waals surface area contributed by atoms with Gasteiger partial charge >= 0.3 is 0 Å². The topological polar surface area (TPSA) is 22.1 Å². The number of hydrogen-bond donors (Lipinski definition) is 0. The zero-order valence-electron chi connectivity index (χ0n) is 12.9. The van der Waals surface area contributed by atoms with Gasteiger partial charge in [0, 0.05) is 21.0 Å². The summed E-state index contributed by atoms with van der Waals surface area (Å²) in [5.74, 6) is 0.820. The van der Waals surface area contributed by atoms with Crippen LogP contribution in [0, 0.1) is 0 Å². The number of thioether (sulfide) groups is 1. The highest BCUT2D eigenvalue weighted by atomic mass is 35.5. The van der Waals surface area contributed by atoms with E-state index in [9.17, 15) is 0 Å². The van der Waals surface area contributed by atoms with Crippen LogP contribution in [0.25, 0.3) is 22.5 Å². The molecule has 1 heterocycles. The van der Waals surface area contributed by atoms with Gasteiger partial charge in [-0.2, -0.15) is 0 Å². The molecule has 2 nitrogen and oxygen atoms in total. The highest BCUT2D eigenvalue weighted by Gasteiger charge is 2.10. The van der Waals surface area contributed by atoms with Crippen LogP contribution in [0.4, 0.5) is 0 Å². The summed E-state index contributed by atoms with van der Waals surface area (Å²) >= 11 is 7.68. The molecule has 0 unspecified atom stereocenters. The van der Waals surface area contributed by atoms with Crippen molar-refractivity contribution in [1.82, 2.24) is 4.98 Å². The standard InChI is InChI=1S/C19H16ClNOS/c1-22-19-6-4-3-5-16(19)18-12-15(23-2)11-17(21-18)13-7-9-14(20)10-8-13/h3-12H,1-2H3. The molecule has 0 amide bonds. The molecular weight excluding hydrogens is 326 g/mol. The van der Waals surface area contributed by atoms with E-state index in [0.717, 1.165) is 38.2 Å². The summed E-state index contributed by atoms with van der Waals surface area (Å²) in [5, 5.41) is 0.722. The molecule has 0 radical (unpaired) electrons. The summed E-state index contributed by atoms with van der Waals surface area (Å²) in [6.45, 7) is 0. The van der Waals surface area contributed by atoms with Gasteiger partial charge in [0.25, 0.3) is 0 Å². The van der Waals surface area contributed by atoms with Gasteiger partial charge in [0.1, 0.15) is 5.75 Å². The third-order valence-electron chi connectivity index (χ3n) is 3.56. The molecule has 0 aliphatic heterocycles. The van der Waals surface area contributed by atoms with Crippen LogP contribution in [0.15, 0.2) is 65.6 Å². The van der Waals surface area contributed by atoms with E-state index in [1.54, 1.807) is 18.9 Å². The van der Waals surface area contributed by atoms with Crippen molar-refractivity contribution < 1.29 is 4.74 Å². The van der Waals surface area contributed by atoms with Crippen molar-refractivity contribution in [2.75, 3.05) is 13.4 Å². The molecule has 23 heavy (non-hydrogen) atoms. The van der Waals surface area contributed by atoms with E-state index in [1.807, 2.05) is 48.5 Å². The molecule has 0 saturated carbocycles. The second-order valence-corrected chi connectivity index (χ2v) is 6.30. The highest BCUT2D eigenvalue weighted by molar-refractivity contribution is 7.98. The number of pyridine rings is 1. The normalized spacial score (nSPS) is 10.6. The maximum Gasteiger partial charge on any atom is 0.128 e. The Balaban J connectivity index is 2.15. The molecule has 116 valence electrons. The number of rotatable bonds is 4. The fourth-order valence-corrected chi connectivity index (χ4v) is 2.97. The average molecular weight is 342 g/mol. The number of aromatic nitrogens is 1. The van der Waals surface area contributed by atoms with Crippen molar-refractivity contribution in [3.8, 4) is 28.3 Å². The van der Waals surface area contributed by atoms with Crippen molar-refractivity contribution >= 4 is 23.4 Å². The van der Waals surface area contributed by atoms with Crippen LogP contribution in [0.1, 0.15) is 0 Å². The van der Waals surface area contributed by atoms with E-state index in [4.69, 9.17) is 21.3 Å². The number of methoxy groups -OCH3 is 1. The third kappa shape index (κ3) is 3.52. The molecular formula is C19H16ClNOS. The molecule has 0 N–H and O–H groups in total. The van der Waals surface area contributed by atoms with Gasteiger partial charge in [-0.1, -0.05) is 35.9 Å². The molecule has 2 aromatic carbocycles. The lowest BCUT2D eigenvalue weighted by Crippen LogP contribution is -1.93. The summed E-state index contributed by atoms with van der Waals surface area (Å²) < 4.78 is 5.47. The Bertz CT molecular complexity index is 818. The fraction of sp³-hybridized carbons (Fsp3) is 0.105. The van der Waals surface area contributed by atoms with E-state index in [1.165, 1.54) is 0 Å². The summed E-state index contributed by atoms with van der Waals surface area (Å²) in [6.07, 6.45) is 2.06. The fourth-order valence-electron chi connectivity index (χ4n) is 2.39. The Morgan fingerprint density at radius 1 is 0.957 bits per heavy atom. The van der Waals surface area contributed by atoms with Gasteiger partial charge in [0.15, 0.2) is 0 Å². The van der Waals surface area contributed by atoms with Crippen LogP contribution in [-0.2, 0) is 0 Å². The molecule has 0 aliphatic rings. The number of hydrogen-bond acceptors (Lipinski definition) is 3. The minimum atomic E-state index is 0.722. The number of para-hydroxylation sites is 1. The minimum Gasteiger partial charge on any atom is -0.496 e. The molecule has 0 fully saturated rings. The van der Waals surface area contributed by atoms with Crippen molar-refractivity contribution in [3.63, 3.8) is 0 Å². The molecule has 0 atom stereocenters. The first kappa shape index (κ1) is 15.9. The van der Waals surface area contributed by atoms with E-state index in [0.29, 0.717) is 0 Å². The van der Waals surface area contributed by atoms with Crippen molar-refractivity contribution in [3.05, 3.63) is 65.7 Å². The lowest BCUT2D eigenvalue weighted by atomic mass is 10.1. The highest BCUT2D eigenvalue weighted by Crippen LogP contribution is 2.33. The van der Waals surface area contributed by atoms with Crippen LogP contribution < -0.4 is 4.74 Å². The second kappa shape index (κ2) is 7.07. The molecule has 0 saturated heterocycles. The van der Waals surface area contributed by atoms with Gasteiger partial charge in [-0.25, -0.2) is 4.98 Å². The predicted molar refractivity (Wildman–Crippen MR) is 98.5 cm³/mol. The summed E-state index contributed by atoms with van der Waals surface area (Å²) in [5.41, 5.74) is 3.86. The monoisotopic (exact) mass is 341 g/mol. The van der Waals surface area contributed by atoms with Crippen LogP contribution in [0.2, 0.25) is 5.02 Å². The number of halogens is 1. The Morgan fingerprint density at radius 3 is 2.35 bits per heavy atom. The Kier molecular flexibility index (Phi) is 4.89. The van der Waals surface area contributed by atoms with Gasteiger partial charge in [-0.15, -0.1) is 11.8 Å². The van der Waals surface area contributed by atoms with Crippen LogP contribution in [-0.4, -0.2) is 18.3 Å². The smallest absolute Gasteiger partial charge is 0.128 e. The summed E-state index contributed by atoms with van der Waals surface area (Å²) in [4.78, 5) is 5.98. The van der Waals surface area contributed by atoms with Crippen LogP contribution >= 0.6 is 23.4 Å². The lowest BCUT2D eigenvalue weighted by molar-refractivity contribution is 0.416. The number of nitrogens with zero attached hydrogens (tertiary/aromatic N) is 1. The van der Waals surface area contributed by atoms with E-state index in [2.05, 4.69) is 18.4 Å². The van der Waals surface area contributed by atoms with Gasteiger partial charge < -0.3 is 4.74 Å². The predicted octanol–water partition coefficient (Wildman–Crippen LogP) is 5.80. The van der Waals surface area contributed by atoms with Gasteiger partial charge in [-0.05, 0) is 42.7 Å². The van der Waals surface area contributed by atoms with Gasteiger partial charge in [0.2, 0.25) is 0 Å². The Hall–Kier alpha value is -1.97. The molecule has 3 rings (SSSR count). The minimum absolute atomic E-state index is 0.722. The second-order valence-electron chi connectivity index (χ2n) is 4.98. The van der Waals surface area contributed by atoms with Gasteiger partial charge in [0.05, 0.1) is 18.5 Å². The number of ether oxygens (including phenoxy) is 1. The first-order valence-corrected chi connectivity index (χ1v) is 8.77. The van der Waals surface area contributed by atoms with Crippen molar-refractivity contribution in [2.24, 2.45) is 0 Å². The van der Waals surface area contributed by atoms with E-state index in [-0.39, 0.29) is 0 Å². The third-order valence-corrected chi connectivity index (χ3v) is 4.52. The zero-order valence-corrected chi connectivity index (χ0v) is 14.5. The van der Waals surface area contributed by atoms with Crippen LogP contribution in [0.5, 0.6) is 5.75 Å². The summed E-state index contributed by atoms with van der Waals surface area (Å²) in [6, 6.07) is 19.8. The quantitative estimate of drug-likeness (QED) is 0.560. The molecule has 0 spiro atoms. The van der Waals surface area contributed by atoms with E-state index < -0.39 is 0 Å². The van der Waals surface area contributed by atoms with Crippen LogP contribution in [0.3, 0.4) is 0 Å². The molecule has 1 aromatic heterocycles. The molecule has 0 bridgehead atoms. The largest absolute Gasteiger partial charge is 0.496 e. The lowest BCUT2D eigenvalue weighted by Gasteiger charge is -2.11. The average Bonchev–Trinajstić information content (AvgIpc) is 2.61. The SMILES string of the molecule is COc1ccccc1-c1cc(SC)cc(-c2ccc(Cl)cc2)n1. The zero-order chi connectivity index (χ0) is 16.2. The van der Waals surface area contributed by atoms with Crippen molar-refractivity contribution in [1.29, 1.82) is 0 Å². The van der Waals surface area contributed by atoms with E-state index >= 15 is 0 Å². The number of benzene rings is 2. The molecule has 4 heteroatoms. The molecule has 0 aliphatic carbocycles. The Labute approximate surface area is 145 Å². The van der Waals surface area contributed by atoms with Crippen molar-refractivity contribution in [2.45, 2.75) is 4.90 Å². The Morgan fingerprint density at radius 2 is 1.65 bits per heavy atom. The maximum absolute atomic E-state index is 5.98. The summed E-state index contributed by atoms with van der Waals surface area (Å²) in [7, 11) is 1.68. The molecule has 3 aromatic rings. The maximum atomic E-state index is 5.98.